The minimum atomic E-state index is -0.731. The number of hydrogen-bond donors (Lipinski definition) is 3. The van der Waals surface area contributed by atoms with Gasteiger partial charge in [-0.3, -0.25) is 4.79 Å². The molecule has 5 nitrogen and oxygen atoms in total. The van der Waals surface area contributed by atoms with E-state index >= 15 is 0 Å². The summed E-state index contributed by atoms with van der Waals surface area (Å²) in [6.45, 7) is 5.59. The van der Waals surface area contributed by atoms with Gasteiger partial charge >= 0.3 is 5.97 Å². The Morgan fingerprint density at radius 3 is 2.54 bits per heavy atom. The summed E-state index contributed by atoms with van der Waals surface area (Å²) in [6.07, 6.45) is 12.8. The predicted octanol–water partition coefficient (Wildman–Crippen LogP) is 4.40. The predicted molar refractivity (Wildman–Crippen MR) is 112 cm³/mol. The highest BCUT2D eigenvalue weighted by Gasteiger charge is 2.33. The molecule has 28 heavy (non-hydrogen) atoms. The van der Waals surface area contributed by atoms with Gasteiger partial charge in [-0.25, -0.2) is 0 Å². The minimum Gasteiger partial charge on any atom is -0.431 e. The zero-order valence-electron chi connectivity index (χ0n) is 18.0. The number of carbonyl (C=O) groups excluding carboxylic acids is 1. The lowest BCUT2D eigenvalue weighted by Gasteiger charge is -2.22. The van der Waals surface area contributed by atoms with Crippen molar-refractivity contribution in [3.05, 3.63) is 23.5 Å². The molecule has 0 radical (unpaired) electrons. The van der Waals surface area contributed by atoms with Gasteiger partial charge in [0.1, 0.15) is 5.76 Å². The lowest BCUT2D eigenvalue weighted by Crippen LogP contribution is -2.23. The maximum atomic E-state index is 11.4. The summed E-state index contributed by atoms with van der Waals surface area (Å²) in [5.74, 6) is 0.103. The van der Waals surface area contributed by atoms with E-state index in [1.165, 1.54) is 6.92 Å². The van der Waals surface area contributed by atoms with E-state index in [4.69, 9.17) is 9.84 Å². The standard InChI is InChI=1S/C23H40O5/c1-4-5-14-23(3,27)15-11-13-19-20(12-9-7-6-8-10-16-24)22(17-21(19)26)28-18(2)25/h11,13,19,21,24,26-27H,4-10,12,14-17H2,1-3H3/b13-11-/t19-,21-,23?/m1/s1. The molecule has 1 aliphatic carbocycles. The molecule has 0 amide bonds. The first-order chi connectivity index (χ1) is 13.3. The summed E-state index contributed by atoms with van der Waals surface area (Å²) in [6, 6.07) is 0. The molecule has 1 rings (SSSR count). The van der Waals surface area contributed by atoms with Gasteiger partial charge in [-0.2, -0.15) is 0 Å². The van der Waals surface area contributed by atoms with Crippen LogP contribution in [0.3, 0.4) is 0 Å². The third kappa shape index (κ3) is 9.35. The molecule has 1 aliphatic rings. The van der Waals surface area contributed by atoms with Crippen molar-refractivity contribution in [3.8, 4) is 0 Å². The third-order valence-corrected chi connectivity index (χ3v) is 5.41. The fourth-order valence-corrected chi connectivity index (χ4v) is 3.78. The maximum Gasteiger partial charge on any atom is 0.307 e. The van der Waals surface area contributed by atoms with Gasteiger partial charge in [0.2, 0.25) is 0 Å². The van der Waals surface area contributed by atoms with Gasteiger partial charge in [0.05, 0.1) is 11.7 Å². The van der Waals surface area contributed by atoms with E-state index in [0.29, 0.717) is 18.6 Å². The molecule has 0 aromatic rings. The highest BCUT2D eigenvalue weighted by Crippen LogP contribution is 2.37. The number of aliphatic hydroxyl groups excluding tert-OH is 2. The van der Waals surface area contributed by atoms with Crippen LogP contribution in [0.1, 0.15) is 91.4 Å². The molecule has 0 saturated heterocycles. The van der Waals surface area contributed by atoms with Crippen LogP contribution in [0, 0.1) is 5.92 Å². The van der Waals surface area contributed by atoms with Gasteiger partial charge in [0.15, 0.2) is 0 Å². The van der Waals surface area contributed by atoms with Gasteiger partial charge in [0, 0.05) is 25.9 Å². The van der Waals surface area contributed by atoms with Crippen molar-refractivity contribution in [1.29, 1.82) is 0 Å². The molecular formula is C23H40O5. The van der Waals surface area contributed by atoms with Crippen LogP contribution in [-0.2, 0) is 9.53 Å². The fourth-order valence-electron chi connectivity index (χ4n) is 3.78. The first kappa shape index (κ1) is 24.9. The molecule has 0 aliphatic heterocycles. The normalized spacial score (nSPS) is 22.1. The van der Waals surface area contributed by atoms with Gasteiger partial charge in [0.25, 0.3) is 0 Å². The number of ether oxygens (including phenoxy) is 1. The maximum absolute atomic E-state index is 11.4. The Morgan fingerprint density at radius 2 is 1.89 bits per heavy atom. The number of rotatable bonds is 14. The monoisotopic (exact) mass is 396 g/mol. The average Bonchev–Trinajstić information content (AvgIpc) is 2.90. The topological polar surface area (TPSA) is 87.0 Å². The molecule has 0 fully saturated rings. The van der Waals surface area contributed by atoms with Gasteiger partial charge < -0.3 is 20.1 Å². The molecule has 0 aromatic carbocycles. The molecule has 0 saturated carbocycles. The average molecular weight is 397 g/mol. The second kappa shape index (κ2) is 13.1. The summed E-state index contributed by atoms with van der Waals surface area (Å²) in [7, 11) is 0. The molecule has 3 atom stereocenters. The molecule has 0 heterocycles. The SMILES string of the molecule is CCCCC(C)(O)C/C=C\[C@@H]1C(CCCCCCCO)=C(OC(C)=O)C[C@H]1O. The summed E-state index contributed by atoms with van der Waals surface area (Å²) in [5, 5.41) is 29.8. The Kier molecular flexibility index (Phi) is 11.7. The van der Waals surface area contributed by atoms with E-state index in [0.717, 1.165) is 63.4 Å². The zero-order valence-corrected chi connectivity index (χ0v) is 18.0. The number of unbranched alkanes of at least 4 members (excludes halogenated alkanes) is 5. The van der Waals surface area contributed by atoms with E-state index in [1.54, 1.807) is 0 Å². The van der Waals surface area contributed by atoms with Crippen LogP contribution in [0.2, 0.25) is 0 Å². The highest BCUT2D eigenvalue weighted by atomic mass is 16.5. The molecule has 1 unspecified atom stereocenters. The van der Waals surface area contributed by atoms with Crippen LogP contribution < -0.4 is 0 Å². The molecule has 5 heteroatoms. The zero-order chi connectivity index (χ0) is 21.0. The van der Waals surface area contributed by atoms with E-state index < -0.39 is 11.7 Å². The second-order valence-electron chi connectivity index (χ2n) is 8.31. The smallest absolute Gasteiger partial charge is 0.307 e. The lowest BCUT2D eigenvalue weighted by molar-refractivity contribution is -0.137. The molecule has 0 aromatic heterocycles. The van der Waals surface area contributed by atoms with Crippen molar-refractivity contribution in [2.24, 2.45) is 5.92 Å². The largest absolute Gasteiger partial charge is 0.431 e. The minimum absolute atomic E-state index is 0.159. The molecular weight excluding hydrogens is 356 g/mol. The Bertz CT molecular complexity index is 521. The molecule has 162 valence electrons. The summed E-state index contributed by atoms with van der Waals surface area (Å²) >= 11 is 0. The van der Waals surface area contributed by atoms with E-state index in [2.05, 4.69) is 6.92 Å². The molecule has 0 spiro atoms. The van der Waals surface area contributed by atoms with E-state index in [-0.39, 0.29) is 18.5 Å². The van der Waals surface area contributed by atoms with Crippen LogP contribution in [0.4, 0.5) is 0 Å². The summed E-state index contributed by atoms with van der Waals surface area (Å²) < 4.78 is 5.38. The van der Waals surface area contributed by atoms with Crippen LogP contribution >= 0.6 is 0 Å². The number of esters is 1. The van der Waals surface area contributed by atoms with Crippen LogP contribution in [0.5, 0.6) is 0 Å². The van der Waals surface area contributed by atoms with Crippen molar-refractivity contribution in [3.63, 3.8) is 0 Å². The van der Waals surface area contributed by atoms with Gasteiger partial charge in [-0.05, 0) is 44.6 Å². The molecule has 0 bridgehead atoms. The molecule has 3 N–H and O–H groups in total. The van der Waals surface area contributed by atoms with Crippen molar-refractivity contribution in [2.45, 2.75) is 103 Å². The Morgan fingerprint density at radius 1 is 1.21 bits per heavy atom. The summed E-state index contributed by atoms with van der Waals surface area (Å²) in [4.78, 5) is 11.4. The van der Waals surface area contributed by atoms with Crippen molar-refractivity contribution in [1.82, 2.24) is 0 Å². The Hall–Kier alpha value is -1.17. The lowest BCUT2D eigenvalue weighted by atomic mass is 9.91. The third-order valence-electron chi connectivity index (χ3n) is 5.41. The highest BCUT2D eigenvalue weighted by molar-refractivity contribution is 5.67. The Balaban J connectivity index is 2.72. The van der Waals surface area contributed by atoms with Crippen LogP contribution in [-0.4, -0.2) is 39.6 Å². The van der Waals surface area contributed by atoms with Crippen molar-refractivity contribution >= 4 is 5.97 Å². The Labute approximate surface area is 170 Å². The first-order valence-electron chi connectivity index (χ1n) is 10.9. The van der Waals surface area contributed by atoms with E-state index in [9.17, 15) is 15.0 Å². The number of aliphatic hydroxyl groups is 3. The number of hydrogen-bond acceptors (Lipinski definition) is 5. The van der Waals surface area contributed by atoms with E-state index in [1.807, 2.05) is 19.1 Å². The quantitative estimate of drug-likeness (QED) is 0.230. The summed E-state index contributed by atoms with van der Waals surface area (Å²) in [5.41, 5.74) is 0.278. The van der Waals surface area contributed by atoms with Gasteiger partial charge in [-0.15, -0.1) is 0 Å². The first-order valence-corrected chi connectivity index (χ1v) is 10.9. The van der Waals surface area contributed by atoms with Crippen molar-refractivity contribution < 1.29 is 24.9 Å². The van der Waals surface area contributed by atoms with Crippen molar-refractivity contribution in [2.75, 3.05) is 6.61 Å². The fraction of sp³-hybridized carbons (Fsp3) is 0.783. The van der Waals surface area contributed by atoms with Gasteiger partial charge in [-0.1, -0.05) is 51.2 Å². The van der Waals surface area contributed by atoms with Crippen LogP contribution in [0.25, 0.3) is 0 Å². The second-order valence-corrected chi connectivity index (χ2v) is 8.31. The van der Waals surface area contributed by atoms with Crippen LogP contribution in [0.15, 0.2) is 23.5 Å². The number of carbonyl (C=O) groups is 1.